The van der Waals surface area contributed by atoms with E-state index in [0.717, 1.165) is 0 Å². The quantitative estimate of drug-likeness (QED) is 0.803. The Morgan fingerprint density at radius 1 is 1.19 bits per heavy atom. The molecular weight excluding hydrogens is 290 g/mol. The van der Waals surface area contributed by atoms with Gasteiger partial charge in [0.25, 0.3) is 0 Å². The third-order valence-electron chi connectivity index (χ3n) is 2.91. The first kappa shape index (κ1) is 13.5. The zero-order valence-corrected chi connectivity index (χ0v) is 11.8. The van der Waals surface area contributed by atoms with Gasteiger partial charge in [-0.3, -0.25) is 9.48 Å². The predicted octanol–water partition coefficient (Wildman–Crippen LogP) is 2.51. The first-order valence-electron chi connectivity index (χ1n) is 6.42. The van der Waals surface area contributed by atoms with Crippen molar-refractivity contribution in [2.24, 2.45) is 0 Å². The van der Waals surface area contributed by atoms with Gasteiger partial charge in [0.2, 0.25) is 5.91 Å². The molecule has 106 valence electrons. The van der Waals surface area contributed by atoms with Crippen molar-refractivity contribution < 1.29 is 4.79 Å². The number of carbonyl (C=O) groups excluding carboxylic acids is 1. The van der Waals surface area contributed by atoms with Gasteiger partial charge in [-0.1, -0.05) is 23.7 Å². The SMILES string of the molecule is O=C(CCn1cccn1)Nc1nc2ccccc2nc1Cl. The number of hydrogen-bond donors (Lipinski definition) is 1. The van der Waals surface area contributed by atoms with Crippen LogP contribution in [0.3, 0.4) is 0 Å². The Hall–Kier alpha value is -2.47. The zero-order valence-electron chi connectivity index (χ0n) is 11.0. The number of benzene rings is 1. The van der Waals surface area contributed by atoms with Crippen LogP contribution in [-0.4, -0.2) is 25.7 Å². The molecule has 1 aromatic carbocycles. The highest BCUT2D eigenvalue weighted by atomic mass is 35.5. The van der Waals surface area contributed by atoms with E-state index in [2.05, 4.69) is 20.4 Å². The van der Waals surface area contributed by atoms with Crippen LogP contribution < -0.4 is 5.32 Å². The molecule has 6 nitrogen and oxygen atoms in total. The van der Waals surface area contributed by atoms with Crippen molar-refractivity contribution in [2.75, 3.05) is 5.32 Å². The van der Waals surface area contributed by atoms with Gasteiger partial charge in [0.05, 0.1) is 11.0 Å². The van der Waals surface area contributed by atoms with E-state index in [-0.39, 0.29) is 23.3 Å². The Bertz CT molecular complexity index is 772. The van der Waals surface area contributed by atoms with Crippen molar-refractivity contribution in [3.8, 4) is 0 Å². The minimum atomic E-state index is -0.183. The van der Waals surface area contributed by atoms with E-state index >= 15 is 0 Å². The Labute approximate surface area is 125 Å². The number of nitrogens with one attached hydrogen (secondary N) is 1. The molecule has 2 heterocycles. The molecule has 0 aliphatic carbocycles. The topological polar surface area (TPSA) is 72.7 Å². The molecule has 0 aliphatic rings. The summed E-state index contributed by atoms with van der Waals surface area (Å²) < 4.78 is 1.69. The largest absolute Gasteiger partial charge is 0.308 e. The third kappa shape index (κ3) is 3.17. The lowest BCUT2D eigenvalue weighted by molar-refractivity contribution is -0.116. The van der Waals surface area contributed by atoms with Gasteiger partial charge >= 0.3 is 0 Å². The lowest BCUT2D eigenvalue weighted by Gasteiger charge is -2.07. The first-order valence-corrected chi connectivity index (χ1v) is 6.80. The van der Waals surface area contributed by atoms with E-state index in [1.54, 1.807) is 17.1 Å². The number of carbonyl (C=O) groups is 1. The fourth-order valence-electron chi connectivity index (χ4n) is 1.90. The van der Waals surface area contributed by atoms with Gasteiger partial charge in [-0.25, -0.2) is 9.97 Å². The van der Waals surface area contributed by atoms with Gasteiger partial charge in [0.1, 0.15) is 0 Å². The van der Waals surface area contributed by atoms with E-state index in [1.165, 1.54) is 0 Å². The molecule has 0 saturated heterocycles. The smallest absolute Gasteiger partial charge is 0.227 e. The highest BCUT2D eigenvalue weighted by molar-refractivity contribution is 6.32. The summed E-state index contributed by atoms with van der Waals surface area (Å²) in [5.74, 6) is 0.0952. The van der Waals surface area contributed by atoms with Crippen LogP contribution in [0, 0.1) is 0 Å². The lowest BCUT2D eigenvalue weighted by atomic mass is 10.3. The molecule has 0 aliphatic heterocycles. The Balaban J connectivity index is 1.71. The zero-order chi connectivity index (χ0) is 14.7. The van der Waals surface area contributed by atoms with Crippen molar-refractivity contribution in [1.82, 2.24) is 19.7 Å². The van der Waals surface area contributed by atoms with Crippen LogP contribution in [0.5, 0.6) is 0 Å². The number of halogens is 1. The monoisotopic (exact) mass is 301 g/mol. The molecule has 0 unspecified atom stereocenters. The lowest BCUT2D eigenvalue weighted by Crippen LogP contribution is -2.16. The average Bonchev–Trinajstić information content (AvgIpc) is 2.99. The summed E-state index contributed by atoms with van der Waals surface area (Å²) in [7, 11) is 0. The van der Waals surface area contributed by atoms with E-state index in [9.17, 15) is 4.79 Å². The van der Waals surface area contributed by atoms with Crippen molar-refractivity contribution in [3.05, 3.63) is 47.9 Å². The van der Waals surface area contributed by atoms with E-state index in [0.29, 0.717) is 17.6 Å². The molecule has 0 bridgehead atoms. The number of anilines is 1. The Morgan fingerprint density at radius 3 is 2.67 bits per heavy atom. The normalized spacial score (nSPS) is 10.7. The third-order valence-corrected chi connectivity index (χ3v) is 3.18. The van der Waals surface area contributed by atoms with Crippen LogP contribution in [0.15, 0.2) is 42.7 Å². The number of amides is 1. The summed E-state index contributed by atoms with van der Waals surface area (Å²) in [5.41, 5.74) is 1.38. The highest BCUT2D eigenvalue weighted by Crippen LogP contribution is 2.21. The Morgan fingerprint density at radius 2 is 1.95 bits per heavy atom. The summed E-state index contributed by atoms with van der Waals surface area (Å²) in [6, 6.07) is 9.16. The van der Waals surface area contributed by atoms with Crippen LogP contribution in [0.2, 0.25) is 5.15 Å². The summed E-state index contributed by atoms with van der Waals surface area (Å²) in [6.07, 6.45) is 3.76. The number of aromatic nitrogens is 4. The van der Waals surface area contributed by atoms with Crippen molar-refractivity contribution in [1.29, 1.82) is 0 Å². The Kier molecular flexibility index (Phi) is 3.79. The summed E-state index contributed by atoms with van der Waals surface area (Å²) in [4.78, 5) is 20.4. The van der Waals surface area contributed by atoms with Gasteiger partial charge in [0.15, 0.2) is 11.0 Å². The second kappa shape index (κ2) is 5.88. The number of aryl methyl sites for hydroxylation is 1. The average molecular weight is 302 g/mol. The van der Waals surface area contributed by atoms with Crippen LogP contribution in [0.4, 0.5) is 5.82 Å². The molecule has 0 atom stereocenters. The molecule has 1 amide bonds. The number of fused-ring (bicyclic) bond motifs is 1. The summed E-state index contributed by atoms with van der Waals surface area (Å²) in [5, 5.41) is 6.90. The van der Waals surface area contributed by atoms with Gasteiger partial charge in [-0.05, 0) is 18.2 Å². The van der Waals surface area contributed by atoms with E-state index < -0.39 is 0 Å². The molecule has 0 saturated carbocycles. The van der Waals surface area contributed by atoms with E-state index in [1.807, 2.05) is 30.3 Å². The number of rotatable bonds is 4. The molecule has 3 rings (SSSR count). The van der Waals surface area contributed by atoms with Crippen LogP contribution in [-0.2, 0) is 11.3 Å². The van der Waals surface area contributed by atoms with Gasteiger partial charge in [0, 0.05) is 25.4 Å². The summed E-state index contributed by atoms with van der Waals surface area (Å²) >= 11 is 6.04. The molecular formula is C14H12ClN5O. The van der Waals surface area contributed by atoms with E-state index in [4.69, 9.17) is 11.6 Å². The maximum Gasteiger partial charge on any atom is 0.227 e. The van der Waals surface area contributed by atoms with Gasteiger partial charge in [-0.2, -0.15) is 5.10 Å². The van der Waals surface area contributed by atoms with Crippen molar-refractivity contribution in [3.63, 3.8) is 0 Å². The van der Waals surface area contributed by atoms with Gasteiger partial charge in [-0.15, -0.1) is 0 Å². The van der Waals surface area contributed by atoms with Crippen LogP contribution in [0.1, 0.15) is 6.42 Å². The number of hydrogen-bond acceptors (Lipinski definition) is 4. The van der Waals surface area contributed by atoms with Crippen molar-refractivity contribution >= 4 is 34.4 Å². The highest BCUT2D eigenvalue weighted by Gasteiger charge is 2.10. The maximum absolute atomic E-state index is 11.9. The van der Waals surface area contributed by atoms with Crippen molar-refractivity contribution in [2.45, 2.75) is 13.0 Å². The molecule has 1 N–H and O–H groups in total. The molecule has 21 heavy (non-hydrogen) atoms. The number of nitrogens with zero attached hydrogens (tertiary/aromatic N) is 4. The molecule has 0 radical (unpaired) electrons. The standard InChI is InChI=1S/C14H12ClN5O/c15-13-14(18-11-5-2-1-4-10(11)17-13)19-12(21)6-9-20-8-3-7-16-20/h1-5,7-8H,6,9H2,(H,18,19,21). The number of para-hydroxylation sites is 2. The van der Waals surface area contributed by atoms with Crippen LogP contribution >= 0.6 is 11.6 Å². The second-order valence-electron chi connectivity index (χ2n) is 4.42. The fourth-order valence-corrected chi connectivity index (χ4v) is 2.08. The predicted molar refractivity (Wildman–Crippen MR) is 80.0 cm³/mol. The molecule has 2 aromatic heterocycles. The first-order chi connectivity index (χ1) is 10.2. The fraction of sp³-hybridized carbons (Fsp3) is 0.143. The molecule has 7 heteroatoms. The van der Waals surface area contributed by atoms with Gasteiger partial charge < -0.3 is 5.32 Å². The minimum absolute atomic E-state index is 0.182. The minimum Gasteiger partial charge on any atom is -0.308 e. The molecule has 0 spiro atoms. The maximum atomic E-state index is 11.9. The molecule has 3 aromatic rings. The van der Waals surface area contributed by atoms with Crippen LogP contribution in [0.25, 0.3) is 11.0 Å². The molecule has 0 fully saturated rings. The second-order valence-corrected chi connectivity index (χ2v) is 4.78. The summed E-state index contributed by atoms with van der Waals surface area (Å²) in [6.45, 7) is 0.497.